The zero-order valence-corrected chi connectivity index (χ0v) is 21.5. The molecule has 1 aromatic heterocycles. The SMILES string of the molecule is C=C(C=C(Cl)CCl)C1(c2noc(CNCCN3CCN(Cc4cccc(C(F)(F)F)c4)CC3)n2)CC1. The fourth-order valence-corrected chi connectivity index (χ4v) is 4.62. The molecule has 1 aliphatic carbocycles. The molecule has 36 heavy (non-hydrogen) atoms. The summed E-state index contributed by atoms with van der Waals surface area (Å²) in [4.78, 5) is 9.09. The quantitative estimate of drug-likeness (QED) is 0.246. The second-order valence-electron chi connectivity index (χ2n) is 9.34. The third-order valence-electron chi connectivity index (χ3n) is 6.73. The minimum Gasteiger partial charge on any atom is -0.338 e. The van der Waals surface area contributed by atoms with Crippen molar-refractivity contribution in [2.75, 3.05) is 45.1 Å². The Labute approximate surface area is 219 Å². The van der Waals surface area contributed by atoms with Crippen LogP contribution in [0.25, 0.3) is 0 Å². The van der Waals surface area contributed by atoms with Crippen LogP contribution in [-0.2, 0) is 24.7 Å². The average molecular weight is 544 g/mol. The highest BCUT2D eigenvalue weighted by atomic mass is 35.5. The number of rotatable bonds is 11. The molecular formula is C25H30Cl2F3N5O. The lowest BCUT2D eigenvalue weighted by atomic mass is 9.96. The Morgan fingerprint density at radius 3 is 2.58 bits per heavy atom. The van der Waals surface area contributed by atoms with Crippen LogP contribution in [0.5, 0.6) is 0 Å². The predicted molar refractivity (Wildman–Crippen MR) is 134 cm³/mol. The van der Waals surface area contributed by atoms with Crippen LogP contribution in [-0.4, -0.2) is 65.1 Å². The van der Waals surface area contributed by atoms with E-state index in [4.69, 9.17) is 27.7 Å². The molecule has 0 spiro atoms. The van der Waals surface area contributed by atoms with Gasteiger partial charge < -0.3 is 9.84 Å². The molecule has 4 rings (SSSR count). The van der Waals surface area contributed by atoms with Gasteiger partial charge in [0.25, 0.3) is 0 Å². The summed E-state index contributed by atoms with van der Waals surface area (Å²) in [6.45, 7) is 10.1. The van der Waals surface area contributed by atoms with E-state index in [1.54, 1.807) is 12.1 Å². The van der Waals surface area contributed by atoms with Crippen molar-refractivity contribution in [2.45, 2.75) is 37.5 Å². The third-order valence-corrected chi connectivity index (χ3v) is 7.39. The molecule has 1 saturated carbocycles. The minimum atomic E-state index is -4.31. The van der Waals surface area contributed by atoms with Gasteiger partial charge in [-0.2, -0.15) is 18.2 Å². The predicted octanol–water partition coefficient (Wildman–Crippen LogP) is 4.95. The zero-order chi connectivity index (χ0) is 25.8. The Morgan fingerprint density at radius 1 is 1.19 bits per heavy atom. The summed E-state index contributed by atoms with van der Waals surface area (Å²) in [5.74, 6) is 1.40. The Balaban J connectivity index is 1.16. The molecule has 11 heteroatoms. The Hall–Kier alpha value is -1.91. The van der Waals surface area contributed by atoms with E-state index in [0.717, 1.165) is 63.7 Å². The number of nitrogens with one attached hydrogen (secondary N) is 1. The number of benzene rings is 1. The topological polar surface area (TPSA) is 57.4 Å². The fourth-order valence-electron chi connectivity index (χ4n) is 4.41. The lowest BCUT2D eigenvalue weighted by Crippen LogP contribution is -2.47. The number of hydrogen-bond donors (Lipinski definition) is 1. The number of halogens is 5. The summed E-state index contributed by atoms with van der Waals surface area (Å²) in [6.07, 6.45) is -0.717. The number of allylic oxidation sites excluding steroid dienone is 3. The minimum absolute atomic E-state index is 0.239. The molecule has 196 valence electrons. The maximum atomic E-state index is 12.9. The van der Waals surface area contributed by atoms with Gasteiger partial charge >= 0.3 is 6.18 Å². The van der Waals surface area contributed by atoms with Crippen LogP contribution < -0.4 is 5.32 Å². The van der Waals surface area contributed by atoms with Gasteiger partial charge in [0.15, 0.2) is 5.82 Å². The summed E-state index contributed by atoms with van der Waals surface area (Å²) in [7, 11) is 0. The smallest absolute Gasteiger partial charge is 0.338 e. The van der Waals surface area contributed by atoms with E-state index < -0.39 is 11.7 Å². The van der Waals surface area contributed by atoms with Crippen LogP contribution in [0.1, 0.15) is 35.7 Å². The molecule has 0 radical (unpaired) electrons. The van der Waals surface area contributed by atoms with Crippen molar-refractivity contribution >= 4 is 23.2 Å². The molecule has 2 aromatic rings. The van der Waals surface area contributed by atoms with Crippen molar-refractivity contribution < 1.29 is 17.7 Å². The largest absolute Gasteiger partial charge is 0.416 e. The first-order valence-corrected chi connectivity index (χ1v) is 12.9. The highest BCUT2D eigenvalue weighted by molar-refractivity contribution is 6.35. The number of alkyl halides is 4. The summed E-state index contributed by atoms with van der Waals surface area (Å²) in [5, 5.41) is 8.05. The Morgan fingerprint density at radius 2 is 1.92 bits per heavy atom. The normalized spacial score (nSPS) is 19.0. The van der Waals surface area contributed by atoms with Gasteiger partial charge in [-0.05, 0) is 36.1 Å². The van der Waals surface area contributed by atoms with Gasteiger partial charge in [-0.25, -0.2) is 0 Å². The molecule has 1 saturated heterocycles. The molecule has 2 aliphatic rings. The number of nitrogens with zero attached hydrogens (tertiary/aromatic N) is 4. The number of hydrogen-bond acceptors (Lipinski definition) is 6. The molecular weight excluding hydrogens is 514 g/mol. The van der Waals surface area contributed by atoms with Crippen LogP contribution in [0.4, 0.5) is 13.2 Å². The molecule has 1 N–H and O–H groups in total. The van der Waals surface area contributed by atoms with E-state index in [1.807, 2.05) is 0 Å². The molecule has 6 nitrogen and oxygen atoms in total. The van der Waals surface area contributed by atoms with Gasteiger partial charge in [0.1, 0.15) is 0 Å². The number of aromatic nitrogens is 2. The first kappa shape index (κ1) is 27.1. The van der Waals surface area contributed by atoms with Gasteiger partial charge in [-0.15, -0.1) is 11.6 Å². The summed E-state index contributed by atoms with van der Waals surface area (Å²) < 4.78 is 44.3. The molecule has 0 unspecified atom stereocenters. The molecule has 0 amide bonds. The third kappa shape index (κ3) is 6.89. The van der Waals surface area contributed by atoms with Gasteiger partial charge in [-0.3, -0.25) is 9.80 Å². The summed E-state index contributed by atoms with van der Waals surface area (Å²) >= 11 is 11.8. The van der Waals surface area contributed by atoms with Crippen molar-refractivity contribution in [2.24, 2.45) is 0 Å². The van der Waals surface area contributed by atoms with Crippen LogP contribution in [0, 0.1) is 0 Å². The molecule has 0 bridgehead atoms. The first-order valence-electron chi connectivity index (χ1n) is 12.0. The van der Waals surface area contributed by atoms with Crippen LogP contribution in [0.3, 0.4) is 0 Å². The van der Waals surface area contributed by atoms with Gasteiger partial charge in [0.05, 0.1) is 23.4 Å². The Kier molecular flexibility index (Phi) is 8.78. The van der Waals surface area contributed by atoms with Crippen LogP contribution >= 0.6 is 23.2 Å². The van der Waals surface area contributed by atoms with E-state index >= 15 is 0 Å². The second kappa shape index (κ2) is 11.6. The lowest BCUT2D eigenvalue weighted by molar-refractivity contribution is -0.137. The van der Waals surface area contributed by atoms with Gasteiger partial charge in [0, 0.05) is 50.8 Å². The van der Waals surface area contributed by atoms with Crippen molar-refractivity contribution in [3.8, 4) is 0 Å². The van der Waals surface area contributed by atoms with Crippen LogP contribution in [0.2, 0.25) is 0 Å². The van der Waals surface area contributed by atoms with E-state index in [-0.39, 0.29) is 11.3 Å². The average Bonchev–Trinajstić information content (AvgIpc) is 3.54. The van der Waals surface area contributed by atoms with E-state index in [9.17, 15) is 13.2 Å². The van der Waals surface area contributed by atoms with E-state index in [2.05, 4.69) is 31.8 Å². The molecule has 1 aromatic carbocycles. The van der Waals surface area contributed by atoms with Crippen molar-refractivity contribution in [1.82, 2.24) is 25.3 Å². The molecule has 1 aliphatic heterocycles. The number of piperazine rings is 1. The molecule has 0 atom stereocenters. The van der Waals surface area contributed by atoms with E-state index in [0.29, 0.717) is 35.4 Å². The van der Waals surface area contributed by atoms with Gasteiger partial charge in [-0.1, -0.05) is 41.5 Å². The molecule has 2 fully saturated rings. The monoisotopic (exact) mass is 543 g/mol. The standard InChI is InChI=1S/C25H30Cl2F3N5O/c1-18(13-21(27)15-26)24(5-6-24)23-32-22(36-33-23)16-31-7-8-34-9-11-35(12-10-34)17-19-3-2-4-20(14-19)25(28,29)30/h2-4,13-14,31H,1,5-12,15-17H2. The lowest BCUT2D eigenvalue weighted by Gasteiger charge is -2.34. The van der Waals surface area contributed by atoms with Crippen molar-refractivity contribution in [1.29, 1.82) is 0 Å². The summed E-state index contributed by atoms with van der Waals surface area (Å²) in [6, 6.07) is 5.58. The van der Waals surface area contributed by atoms with Gasteiger partial charge in [0.2, 0.25) is 5.89 Å². The van der Waals surface area contributed by atoms with Crippen molar-refractivity contribution in [3.05, 3.63) is 70.4 Å². The van der Waals surface area contributed by atoms with Crippen LogP contribution in [0.15, 0.2) is 52.0 Å². The molecule has 2 heterocycles. The zero-order valence-electron chi connectivity index (χ0n) is 20.0. The highest BCUT2D eigenvalue weighted by Crippen LogP contribution is 2.52. The highest BCUT2D eigenvalue weighted by Gasteiger charge is 2.50. The second-order valence-corrected chi connectivity index (χ2v) is 10.1. The first-order chi connectivity index (χ1) is 17.2. The Bertz CT molecular complexity index is 1080. The van der Waals surface area contributed by atoms with E-state index in [1.165, 1.54) is 12.1 Å². The maximum Gasteiger partial charge on any atom is 0.416 e. The van der Waals surface area contributed by atoms with Crippen molar-refractivity contribution in [3.63, 3.8) is 0 Å². The fraction of sp³-hybridized carbons (Fsp3) is 0.520. The summed E-state index contributed by atoms with van der Waals surface area (Å²) in [5.41, 5.74) is 0.638. The maximum absolute atomic E-state index is 12.9.